The van der Waals surface area contributed by atoms with Crippen molar-refractivity contribution in [2.75, 3.05) is 0 Å². The highest BCUT2D eigenvalue weighted by Gasteiger charge is 2.41. The highest BCUT2D eigenvalue weighted by molar-refractivity contribution is 6.30. The smallest absolute Gasteiger partial charge is 0.213 e. The second-order valence-electron chi connectivity index (χ2n) is 6.72. The topological polar surface area (TPSA) is 24.8 Å². The first-order chi connectivity index (χ1) is 13.2. The van der Waals surface area contributed by atoms with Gasteiger partial charge in [0, 0.05) is 27.6 Å². The van der Waals surface area contributed by atoms with Crippen molar-refractivity contribution in [3.8, 4) is 5.75 Å². The summed E-state index contributed by atoms with van der Waals surface area (Å²) in [6, 6.07) is 23.9. The number of hydrazone groups is 1. The van der Waals surface area contributed by atoms with Crippen LogP contribution in [0.25, 0.3) is 0 Å². The summed E-state index contributed by atoms with van der Waals surface area (Å²) in [6.07, 6.45) is 0.507. The molecule has 0 N–H and O–H groups in total. The minimum atomic E-state index is -0.304. The van der Waals surface area contributed by atoms with Gasteiger partial charge in [0.05, 0.1) is 11.8 Å². The molecule has 27 heavy (non-hydrogen) atoms. The SMILES string of the molecule is Clc1ccc(C2Oc3ccc(Cl)cc3C3CC(c4ccccc4)=NN32)cc1. The first-order valence-corrected chi connectivity index (χ1v) is 9.57. The molecule has 0 saturated heterocycles. The molecule has 0 fully saturated rings. The van der Waals surface area contributed by atoms with Crippen molar-refractivity contribution in [3.63, 3.8) is 0 Å². The van der Waals surface area contributed by atoms with Crippen molar-refractivity contribution in [2.24, 2.45) is 5.10 Å². The highest BCUT2D eigenvalue weighted by atomic mass is 35.5. The van der Waals surface area contributed by atoms with Crippen molar-refractivity contribution < 1.29 is 4.74 Å². The summed E-state index contributed by atoms with van der Waals surface area (Å²) >= 11 is 12.3. The number of benzene rings is 3. The van der Waals surface area contributed by atoms with Gasteiger partial charge in [-0.25, -0.2) is 5.01 Å². The van der Waals surface area contributed by atoms with Crippen molar-refractivity contribution in [2.45, 2.75) is 18.7 Å². The molecular weight excluding hydrogens is 379 g/mol. The molecule has 2 aliphatic heterocycles. The Hall–Kier alpha value is -2.49. The number of halogens is 2. The molecule has 2 aliphatic rings. The predicted molar refractivity (Wildman–Crippen MR) is 108 cm³/mol. The number of hydrogen-bond donors (Lipinski definition) is 0. The summed E-state index contributed by atoms with van der Waals surface area (Å²) in [5.74, 6) is 0.852. The molecule has 5 rings (SSSR count). The lowest BCUT2D eigenvalue weighted by Gasteiger charge is -2.38. The Bertz CT molecular complexity index is 1020. The van der Waals surface area contributed by atoms with E-state index >= 15 is 0 Å². The first kappa shape index (κ1) is 16.7. The van der Waals surface area contributed by atoms with Gasteiger partial charge < -0.3 is 4.74 Å². The molecule has 0 saturated carbocycles. The molecule has 3 aromatic carbocycles. The fourth-order valence-corrected chi connectivity index (χ4v) is 4.02. The summed E-state index contributed by atoms with van der Waals surface area (Å²) in [5.41, 5.74) is 4.27. The Morgan fingerprint density at radius 1 is 0.889 bits per heavy atom. The second-order valence-corrected chi connectivity index (χ2v) is 7.59. The Morgan fingerprint density at radius 2 is 1.63 bits per heavy atom. The van der Waals surface area contributed by atoms with E-state index < -0.39 is 0 Å². The third-order valence-corrected chi connectivity index (χ3v) is 5.50. The molecule has 0 bridgehead atoms. The van der Waals surface area contributed by atoms with Gasteiger partial charge >= 0.3 is 0 Å². The van der Waals surface area contributed by atoms with E-state index in [-0.39, 0.29) is 12.3 Å². The quantitative estimate of drug-likeness (QED) is 0.513. The van der Waals surface area contributed by atoms with Crippen LogP contribution in [0.4, 0.5) is 0 Å². The van der Waals surface area contributed by atoms with E-state index in [1.165, 1.54) is 0 Å². The fourth-order valence-electron chi connectivity index (χ4n) is 3.71. The van der Waals surface area contributed by atoms with Crippen LogP contribution in [-0.2, 0) is 0 Å². The van der Waals surface area contributed by atoms with Gasteiger partial charge in [0.25, 0.3) is 0 Å². The van der Waals surface area contributed by atoms with Gasteiger partial charge in [-0.3, -0.25) is 0 Å². The monoisotopic (exact) mass is 394 g/mol. The van der Waals surface area contributed by atoms with Crippen molar-refractivity contribution >= 4 is 28.9 Å². The lowest BCUT2D eigenvalue weighted by molar-refractivity contribution is -0.0190. The standard InChI is InChI=1S/C22H16Cl2N2O/c23-16-8-6-15(7-9-16)22-26-20(18-12-17(24)10-11-21(18)27-22)13-19(25-26)14-4-2-1-3-5-14/h1-12,20,22H,13H2. The van der Waals surface area contributed by atoms with E-state index in [1.54, 1.807) is 0 Å². The van der Waals surface area contributed by atoms with Crippen LogP contribution < -0.4 is 4.74 Å². The number of ether oxygens (including phenoxy) is 1. The normalized spacial score (nSPS) is 20.5. The summed E-state index contributed by atoms with van der Waals surface area (Å²) in [5, 5.41) is 8.39. The van der Waals surface area contributed by atoms with Crippen LogP contribution in [0.15, 0.2) is 77.9 Å². The van der Waals surface area contributed by atoms with Crippen LogP contribution in [0.2, 0.25) is 10.0 Å². The summed E-state index contributed by atoms with van der Waals surface area (Å²) in [6.45, 7) is 0. The average molecular weight is 395 g/mol. The third kappa shape index (κ3) is 2.97. The molecule has 0 amide bonds. The van der Waals surface area contributed by atoms with Crippen molar-refractivity contribution in [1.29, 1.82) is 0 Å². The van der Waals surface area contributed by atoms with Gasteiger partial charge in [0.1, 0.15) is 5.75 Å². The zero-order valence-electron chi connectivity index (χ0n) is 14.3. The fraction of sp³-hybridized carbons (Fsp3) is 0.136. The van der Waals surface area contributed by atoms with Crippen LogP contribution >= 0.6 is 23.2 Å². The summed E-state index contributed by atoms with van der Waals surface area (Å²) in [7, 11) is 0. The van der Waals surface area contributed by atoms with Gasteiger partial charge in [-0.05, 0) is 35.9 Å². The van der Waals surface area contributed by atoms with Crippen LogP contribution in [0.3, 0.4) is 0 Å². The third-order valence-electron chi connectivity index (χ3n) is 5.01. The van der Waals surface area contributed by atoms with Gasteiger partial charge in [0.15, 0.2) is 0 Å². The minimum absolute atomic E-state index is 0.0864. The van der Waals surface area contributed by atoms with Gasteiger partial charge in [-0.15, -0.1) is 0 Å². The van der Waals surface area contributed by atoms with Gasteiger partial charge in [0.2, 0.25) is 6.23 Å². The Morgan fingerprint density at radius 3 is 2.41 bits per heavy atom. The van der Waals surface area contributed by atoms with E-state index in [2.05, 4.69) is 12.1 Å². The molecule has 2 atom stereocenters. The zero-order chi connectivity index (χ0) is 18.4. The van der Waals surface area contributed by atoms with E-state index in [9.17, 15) is 0 Å². The maximum absolute atomic E-state index is 6.33. The molecule has 2 unspecified atom stereocenters. The Balaban J connectivity index is 1.61. The summed E-state index contributed by atoms with van der Waals surface area (Å²) in [4.78, 5) is 0. The summed E-state index contributed by atoms with van der Waals surface area (Å²) < 4.78 is 6.33. The molecular formula is C22H16Cl2N2O. The van der Waals surface area contributed by atoms with Crippen LogP contribution in [-0.4, -0.2) is 10.7 Å². The lowest BCUT2D eigenvalue weighted by Crippen LogP contribution is -2.33. The van der Waals surface area contributed by atoms with Crippen molar-refractivity contribution in [1.82, 2.24) is 5.01 Å². The minimum Gasteiger partial charge on any atom is -0.464 e. The van der Waals surface area contributed by atoms with Crippen LogP contribution in [0.1, 0.15) is 35.4 Å². The maximum Gasteiger partial charge on any atom is 0.213 e. The number of rotatable bonds is 2. The highest BCUT2D eigenvalue weighted by Crippen LogP contribution is 2.48. The molecule has 0 aromatic heterocycles. The molecule has 0 spiro atoms. The Kier molecular flexibility index (Phi) is 4.07. The zero-order valence-corrected chi connectivity index (χ0v) is 15.9. The lowest BCUT2D eigenvalue weighted by atomic mass is 9.96. The molecule has 5 heteroatoms. The second kappa shape index (κ2) is 6.59. The predicted octanol–water partition coefficient (Wildman–Crippen LogP) is 6.24. The average Bonchev–Trinajstić information content (AvgIpc) is 3.15. The van der Waals surface area contributed by atoms with E-state index in [0.717, 1.165) is 34.6 Å². The van der Waals surface area contributed by atoms with Gasteiger partial charge in [-0.1, -0.05) is 65.7 Å². The molecule has 3 aromatic rings. The molecule has 134 valence electrons. The first-order valence-electron chi connectivity index (χ1n) is 8.82. The molecule has 3 nitrogen and oxygen atoms in total. The molecule has 0 radical (unpaired) electrons. The van der Waals surface area contributed by atoms with E-state index in [0.29, 0.717) is 10.0 Å². The van der Waals surface area contributed by atoms with Crippen LogP contribution in [0, 0.1) is 0 Å². The van der Waals surface area contributed by atoms with Crippen molar-refractivity contribution in [3.05, 3.63) is 99.5 Å². The van der Waals surface area contributed by atoms with E-state index in [4.69, 9.17) is 33.0 Å². The Labute approximate surface area is 167 Å². The number of hydrogen-bond acceptors (Lipinski definition) is 3. The molecule has 0 aliphatic carbocycles. The number of fused-ring (bicyclic) bond motifs is 3. The number of nitrogens with zero attached hydrogens (tertiary/aromatic N) is 2. The maximum atomic E-state index is 6.33. The largest absolute Gasteiger partial charge is 0.464 e. The van der Waals surface area contributed by atoms with E-state index in [1.807, 2.05) is 65.7 Å². The van der Waals surface area contributed by atoms with Gasteiger partial charge in [-0.2, -0.15) is 5.10 Å². The molecule has 2 heterocycles. The van der Waals surface area contributed by atoms with Crippen LogP contribution in [0.5, 0.6) is 5.75 Å².